The summed E-state index contributed by atoms with van der Waals surface area (Å²) in [5, 5.41) is 7.71. The van der Waals surface area contributed by atoms with Gasteiger partial charge in [0.05, 0.1) is 6.54 Å². The minimum absolute atomic E-state index is 0.403. The Morgan fingerprint density at radius 2 is 2.26 bits per heavy atom. The third-order valence-corrected chi connectivity index (χ3v) is 3.00. The number of ether oxygens (including phenoxy) is 1. The first-order valence-electron chi connectivity index (χ1n) is 6.60. The number of anilines is 1. The summed E-state index contributed by atoms with van der Waals surface area (Å²) in [7, 11) is 1.73. The first-order valence-corrected chi connectivity index (χ1v) is 6.60. The van der Waals surface area contributed by atoms with Gasteiger partial charge in [0, 0.05) is 37.8 Å². The van der Waals surface area contributed by atoms with Crippen molar-refractivity contribution in [2.45, 2.75) is 25.9 Å². The molecule has 19 heavy (non-hydrogen) atoms. The molecule has 102 valence electrons. The van der Waals surface area contributed by atoms with Crippen molar-refractivity contribution in [3.8, 4) is 0 Å². The summed E-state index contributed by atoms with van der Waals surface area (Å²) in [5.74, 6) is 0. The molecule has 1 atom stereocenters. The molecule has 1 aromatic heterocycles. The van der Waals surface area contributed by atoms with E-state index in [1.807, 2.05) is 16.9 Å². The van der Waals surface area contributed by atoms with E-state index in [1.54, 1.807) is 13.3 Å². The summed E-state index contributed by atoms with van der Waals surface area (Å²) in [6.07, 6.45) is 4.77. The lowest BCUT2D eigenvalue weighted by Gasteiger charge is -2.15. The normalized spacial score (nSPS) is 12.3. The molecule has 1 heterocycles. The summed E-state index contributed by atoms with van der Waals surface area (Å²) >= 11 is 0. The molecule has 0 bridgehead atoms. The van der Waals surface area contributed by atoms with Crippen molar-refractivity contribution in [2.24, 2.45) is 0 Å². The van der Waals surface area contributed by atoms with E-state index in [4.69, 9.17) is 4.74 Å². The minimum Gasteiger partial charge on any atom is -0.385 e. The molecule has 4 heteroatoms. The lowest BCUT2D eigenvalue weighted by atomic mass is 10.1. The molecule has 0 aliphatic rings. The SMILES string of the molecule is COCCC(C)Nc1cccc(Cn2cccn2)c1. The summed E-state index contributed by atoms with van der Waals surface area (Å²) in [6.45, 7) is 3.75. The average molecular weight is 259 g/mol. The minimum atomic E-state index is 0.403. The van der Waals surface area contributed by atoms with Crippen LogP contribution >= 0.6 is 0 Å². The van der Waals surface area contributed by atoms with E-state index in [0.29, 0.717) is 6.04 Å². The Labute approximate surface area is 114 Å². The topological polar surface area (TPSA) is 39.1 Å². The van der Waals surface area contributed by atoms with Crippen LogP contribution in [-0.4, -0.2) is 29.5 Å². The molecule has 0 saturated carbocycles. The largest absolute Gasteiger partial charge is 0.385 e. The van der Waals surface area contributed by atoms with Gasteiger partial charge in [0.1, 0.15) is 0 Å². The van der Waals surface area contributed by atoms with Gasteiger partial charge in [0.2, 0.25) is 0 Å². The Morgan fingerprint density at radius 1 is 1.37 bits per heavy atom. The lowest BCUT2D eigenvalue weighted by Crippen LogP contribution is -2.17. The molecule has 0 radical (unpaired) electrons. The third kappa shape index (κ3) is 4.41. The highest BCUT2D eigenvalue weighted by Gasteiger charge is 2.03. The van der Waals surface area contributed by atoms with Crippen LogP contribution in [0.4, 0.5) is 5.69 Å². The van der Waals surface area contributed by atoms with Crippen LogP contribution in [-0.2, 0) is 11.3 Å². The van der Waals surface area contributed by atoms with Gasteiger partial charge in [-0.15, -0.1) is 0 Å². The first-order chi connectivity index (χ1) is 9.28. The molecule has 2 rings (SSSR count). The van der Waals surface area contributed by atoms with E-state index in [0.717, 1.165) is 25.3 Å². The van der Waals surface area contributed by atoms with Crippen LogP contribution in [0, 0.1) is 0 Å². The van der Waals surface area contributed by atoms with Gasteiger partial charge in [0.15, 0.2) is 0 Å². The highest BCUT2D eigenvalue weighted by molar-refractivity contribution is 5.46. The zero-order valence-electron chi connectivity index (χ0n) is 11.5. The van der Waals surface area contributed by atoms with Crippen molar-refractivity contribution in [3.05, 3.63) is 48.3 Å². The second kappa shape index (κ2) is 6.95. The Hall–Kier alpha value is -1.81. The fraction of sp³-hybridized carbons (Fsp3) is 0.400. The predicted molar refractivity (Wildman–Crippen MR) is 77.3 cm³/mol. The monoisotopic (exact) mass is 259 g/mol. The number of aromatic nitrogens is 2. The molecule has 0 spiro atoms. The predicted octanol–water partition coefficient (Wildman–Crippen LogP) is 2.77. The number of nitrogens with zero attached hydrogens (tertiary/aromatic N) is 2. The number of benzene rings is 1. The van der Waals surface area contributed by atoms with Gasteiger partial charge in [0.25, 0.3) is 0 Å². The highest BCUT2D eigenvalue weighted by Crippen LogP contribution is 2.13. The van der Waals surface area contributed by atoms with Crippen molar-refractivity contribution in [1.29, 1.82) is 0 Å². The second-order valence-electron chi connectivity index (χ2n) is 4.73. The Bertz CT molecular complexity index is 482. The lowest BCUT2D eigenvalue weighted by molar-refractivity contribution is 0.191. The molecule has 1 aromatic carbocycles. The van der Waals surface area contributed by atoms with E-state index >= 15 is 0 Å². The fourth-order valence-electron chi connectivity index (χ4n) is 1.99. The van der Waals surface area contributed by atoms with Crippen LogP contribution in [0.15, 0.2) is 42.7 Å². The molecular formula is C15H21N3O. The molecule has 0 fully saturated rings. The number of nitrogens with one attached hydrogen (secondary N) is 1. The maximum Gasteiger partial charge on any atom is 0.0660 e. The van der Waals surface area contributed by atoms with Crippen LogP contribution in [0.5, 0.6) is 0 Å². The van der Waals surface area contributed by atoms with Crippen LogP contribution in [0.2, 0.25) is 0 Å². The van der Waals surface area contributed by atoms with Gasteiger partial charge in [-0.25, -0.2) is 0 Å². The van der Waals surface area contributed by atoms with Crippen LogP contribution in [0.3, 0.4) is 0 Å². The first kappa shape index (κ1) is 13.6. The molecule has 0 amide bonds. The standard InChI is InChI=1S/C15H21N3O/c1-13(7-10-19-2)17-15-6-3-5-14(11-15)12-18-9-4-8-16-18/h3-6,8-9,11,13,17H,7,10,12H2,1-2H3. The maximum atomic E-state index is 5.09. The van der Waals surface area contributed by atoms with E-state index in [2.05, 4.69) is 41.6 Å². The van der Waals surface area contributed by atoms with E-state index in [-0.39, 0.29) is 0 Å². The van der Waals surface area contributed by atoms with E-state index in [9.17, 15) is 0 Å². The van der Waals surface area contributed by atoms with Crippen LogP contribution in [0.25, 0.3) is 0 Å². The summed E-state index contributed by atoms with van der Waals surface area (Å²) in [5.41, 5.74) is 2.39. The summed E-state index contributed by atoms with van der Waals surface area (Å²) in [6, 6.07) is 10.8. The van der Waals surface area contributed by atoms with E-state index < -0.39 is 0 Å². The number of methoxy groups -OCH3 is 1. The smallest absolute Gasteiger partial charge is 0.0660 e. The third-order valence-electron chi connectivity index (χ3n) is 3.00. The molecule has 0 aliphatic carbocycles. The molecule has 0 aliphatic heterocycles. The molecule has 4 nitrogen and oxygen atoms in total. The molecule has 0 saturated heterocycles. The summed E-state index contributed by atoms with van der Waals surface area (Å²) < 4.78 is 7.02. The molecular weight excluding hydrogens is 238 g/mol. The van der Waals surface area contributed by atoms with Crippen LogP contribution in [0.1, 0.15) is 18.9 Å². The Balaban J connectivity index is 1.95. The average Bonchev–Trinajstić information content (AvgIpc) is 2.89. The number of hydrogen-bond acceptors (Lipinski definition) is 3. The van der Waals surface area contributed by atoms with Gasteiger partial charge in [-0.1, -0.05) is 12.1 Å². The van der Waals surface area contributed by atoms with Crippen molar-refractivity contribution >= 4 is 5.69 Å². The van der Waals surface area contributed by atoms with Gasteiger partial charge in [-0.05, 0) is 37.1 Å². The maximum absolute atomic E-state index is 5.09. The van der Waals surface area contributed by atoms with E-state index in [1.165, 1.54) is 5.56 Å². The quantitative estimate of drug-likeness (QED) is 0.831. The van der Waals surface area contributed by atoms with Crippen molar-refractivity contribution < 1.29 is 4.74 Å². The zero-order valence-corrected chi connectivity index (χ0v) is 11.5. The highest BCUT2D eigenvalue weighted by atomic mass is 16.5. The number of hydrogen-bond donors (Lipinski definition) is 1. The van der Waals surface area contributed by atoms with Crippen molar-refractivity contribution in [3.63, 3.8) is 0 Å². The molecule has 1 unspecified atom stereocenters. The fourth-order valence-corrected chi connectivity index (χ4v) is 1.99. The Kier molecular flexibility index (Phi) is 4.98. The Morgan fingerprint density at radius 3 is 3.00 bits per heavy atom. The summed E-state index contributed by atoms with van der Waals surface area (Å²) in [4.78, 5) is 0. The van der Waals surface area contributed by atoms with Gasteiger partial charge in [-0.2, -0.15) is 5.10 Å². The molecule has 1 N–H and O–H groups in total. The van der Waals surface area contributed by atoms with Gasteiger partial charge >= 0.3 is 0 Å². The van der Waals surface area contributed by atoms with Gasteiger partial charge < -0.3 is 10.1 Å². The zero-order chi connectivity index (χ0) is 13.5. The van der Waals surface area contributed by atoms with Crippen LogP contribution < -0.4 is 5.32 Å². The van der Waals surface area contributed by atoms with Crippen molar-refractivity contribution in [2.75, 3.05) is 19.0 Å². The van der Waals surface area contributed by atoms with Crippen molar-refractivity contribution in [1.82, 2.24) is 9.78 Å². The second-order valence-corrected chi connectivity index (χ2v) is 4.73. The van der Waals surface area contributed by atoms with Gasteiger partial charge in [-0.3, -0.25) is 4.68 Å². The molecule has 2 aromatic rings. The number of rotatable bonds is 7.